The third-order valence-electron chi connectivity index (χ3n) is 4.14. The molecule has 0 bridgehead atoms. The van der Waals surface area contributed by atoms with Gasteiger partial charge in [0, 0.05) is 29.8 Å². The van der Waals surface area contributed by atoms with Crippen molar-refractivity contribution >= 4 is 44.3 Å². The van der Waals surface area contributed by atoms with Gasteiger partial charge in [-0.25, -0.2) is 13.6 Å². The number of hydrogen-bond acceptors (Lipinski definition) is 3. The van der Waals surface area contributed by atoms with E-state index in [1.54, 1.807) is 42.4 Å². The van der Waals surface area contributed by atoms with Crippen LogP contribution in [0.25, 0.3) is 22.2 Å². The smallest absolute Gasteiger partial charge is 0.323 e. The average molecular weight is 447 g/mol. The van der Waals surface area contributed by atoms with Crippen LogP contribution in [-0.4, -0.2) is 15.8 Å². The highest BCUT2D eigenvalue weighted by molar-refractivity contribution is 9.10. The molecule has 0 aliphatic rings. The van der Waals surface area contributed by atoms with Crippen LogP contribution in [-0.2, 0) is 7.05 Å². The predicted octanol–water partition coefficient (Wildman–Crippen LogP) is 5.52. The summed E-state index contributed by atoms with van der Waals surface area (Å²) in [5, 5.41) is 10.00. The first-order chi connectivity index (χ1) is 13.4. The summed E-state index contributed by atoms with van der Waals surface area (Å²) in [6, 6.07) is 7.48. The van der Waals surface area contributed by atoms with Crippen LogP contribution >= 0.6 is 15.9 Å². The van der Waals surface area contributed by atoms with E-state index in [0.29, 0.717) is 17.3 Å². The highest BCUT2D eigenvalue weighted by Crippen LogP contribution is 2.36. The van der Waals surface area contributed by atoms with Crippen LogP contribution in [0.3, 0.4) is 0 Å². The van der Waals surface area contributed by atoms with Crippen molar-refractivity contribution in [1.29, 1.82) is 0 Å². The van der Waals surface area contributed by atoms with Gasteiger partial charge in [0.1, 0.15) is 17.2 Å². The van der Waals surface area contributed by atoms with Gasteiger partial charge in [-0.15, -0.1) is 0 Å². The molecule has 4 aromatic rings. The number of urea groups is 1. The number of hydrogen-bond donors (Lipinski definition) is 2. The molecule has 6 nitrogen and oxygen atoms in total. The number of aromatic nitrogens is 2. The number of amides is 2. The summed E-state index contributed by atoms with van der Waals surface area (Å²) in [6.07, 6.45) is 3.21. The van der Waals surface area contributed by atoms with E-state index in [1.807, 2.05) is 0 Å². The average Bonchev–Trinajstić information content (AvgIpc) is 3.23. The molecule has 9 heteroatoms. The second-order valence-corrected chi connectivity index (χ2v) is 6.89. The van der Waals surface area contributed by atoms with Gasteiger partial charge in [0.05, 0.1) is 28.3 Å². The molecule has 0 aliphatic heterocycles. The van der Waals surface area contributed by atoms with Crippen LogP contribution in [0.1, 0.15) is 0 Å². The van der Waals surface area contributed by atoms with Crippen molar-refractivity contribution in [2.75, 3.05) is 10.6 Å². The van der Waals surface area contributed by atoms with Crippen molar-refractivity contribution < 1.29 is 18.0 Å². The monoisotopic (exact) mass is 446 g/mol. The maximum absolute atomic E-state index is 13.7. The molecular formula is C19H13BrF2N4O2. The normalized spacial score (nSPS) is 11.0. The Morgan fingerprint density at radius 3 is 2.71 bits per heavy atom. The number of carbonyl (C=O) groups is 1. The first-order valence-corrected chi connectivity index (χ1v) is 8.94. The van der Waals surface area contributed by atoms with Crippen molar-refractivity contribution in [3.05, 3.63) is 65.0 Å². The minimum Gasteiger partial charge on any atom is -0.464 e. The van der Waals surface area contributed by atoms with E-state index < -0.39 is 17.7 Å². The molecule has 2 aromatic carbocycles. The molecule has 2 amide bonds. The summed E-state index contributed by atoms with van der Waals surface area (Å²) in [5.74, 6) is -1.58. The standard InChI is InChI=1S/C19H13BrF2N4O2/c1-26-17(14(20)9-23-26)13-8-12(6-10-4-5-28-18(10)13)24-19(27)25-16-3-2-11(21)7-15(16)22/h2-9H,1H3,(H2,24,25,27). The van der Waals surface area contributed by atoms with Gasteiger partial charge in [0.2, 0.25) is 0 Å². The molecule has 0 atom stereocenters. The summed E-state index contributed by atoms with van der Waals surface area (Å²) < 4.78 is 34.8. The van der Waals surface area contributed by atoms with Crippen molar-refractivity contribution in [3.63, 3.8) is 0 Å². The minimum absolute atomic E-state index is 0.127. The Bertz CT molecular complexity index is 1180. The van der Waals surface area contributed by atoms with Gasteiger partial charge in [-0.1, -0.05) is 0 Å². The zero-order chi connectivity index (χ0) is 19.8. The molecule has 142 valence electrons. The number of anilines is 2. The number of nitrogens with zero attached hydrogens (tertiary/aromatic N) is 2. The molecule has 28 heavy (non-hydrogen) atoms. The highest BCUT2D eigenvalue weighted by atomic mass is 79.9. The number of furan rings is 1. The summed E-state index contributed by atoms with van der Waals surface area (Å²) in [5.41, 5.74) is 2.47. The molecule has 0 unspecified atom stereocenters. The van der Waals surface area contributed by atoms with Crippen molar-refractivity contribution in [2.24, 2.45) is 7.05 Å². The van der Waals surface area contributed by atoms with E-state index in [9.17, 15) is 13.6 Å². The molecule has 0 fully saturated rings. The van der Waals surface area contributed by atoms with Crippen LogP contribution in [0.4, 0.5) is 25.0 Å². The number of nitrogens with one attached hydrogen (secondary N) is 2. The lowest BCUT2D eigenvalue weighted by molar-refractivity contribution is 0.262. The largest absolute Gasteiger partial charge is 0.464 e. The Morgan fingerprint density at radius 1 is 1.18 bits per heavy atom. The molecule has 2 aromatic heterocycles. The van der Waals surface area contributed by atoms with Gasteiger partial charge < -0.3 is 15.1 Å². The molecule has 0 aliphatic carbocycles. The summed E-state index contributed by atoms with van der Waals surface area (Å²) in [4.78, 5) is 12.3. The Balaban J connectivity index is 1.67. The molecule has 2 heterocycles. The lowest BCUT2D eigenvalue weighted by Crippen LogP contribution is -2.20. The summed E-state index contributed by atoms with van der Waals surface area (Å²) >= 11 is 3.46. The first kappa shape index (κ1) is 18.2. The number of rotatable bonds is 3. The van der Waals surface area contributed by atoms with Gasteiger partial charge in [-0.3, -0.25) is 4.68 Å². The number of carbonyl (C=O) groups excluding carboxylic acids is 1. The molecule has 0 saturated heterocycles. The lowest BCUT2D eigenvalue weighted by Gasteiger charge is -2.11. The minimum atomic E-state index is -0.861. The third kappa shape index (κ3) is 3.36. The van der Waals surface area contributed by atoms with Gasteiger partial charge in [0.25, 0.3) is 0 Å². The van der Waals surface area contributed by atoms with E-state index >= 15 is 0 Å². The van der Waals surface area contributed by atoms with Crippen molar-refractivity contribution in [1.82, 2.24) is 9.78 Å². The fourth-order valence-electron chi connectivity index (χ4n) is 2.92. The van der Waals surface area contributed by atoms with E-state index in [0.717, 1.165) is 33.2 Å². The Labute approximate surface area is 166 Å². The van der Waals surface area contributed by atoms with Gasteiger partial charge >= 0.3 is 6.03 Å². The number of aryl methyl sites for hydroxylation is 1. The van der Waals surface area contributed by atoms with E-state index in [4.69, 9.17) is 4.42 Å². The molecule has 0 saturated carbocycles. The van der Waals surface area contributed by atoms with Gasteiger partial charge in [-0.05, 0) is 46.3 Å². The first-order valence-electron chi connectivity index (χ1n) is 8.14. The van der Waals surface area contributed by atoms with Crippen LogP contribution in [0.2, 0.25) is 0 Å². The number of halogens is 3. The van der Waals surface area contributed by atoms with Crippen LogP contribution in [0.5, 0.6) is 0 Å². The predicted molar refractivity (Wildman–Crippen MR) is 105 cm³/mol. The lowest BCUT2D eigenvalue weighted by atomic mass is 10.1. The fourth-order valence-corrected chi connectivity index (χ4v) is 3.48. The second kappa shape index (κ2) is 7.08. The molecule has 0 spiro atoms. The quantitative estimate of drug-likeness (QED) is 0.435. The van der Waals surface area contributed by atoms with Crippen molar-refractivity contribution in [2.45, 2.75) is 0 Å². The SMILES string of the molecule is Cn1ncc(Br)c1-c1cc(NC(=O)Nc2ccc(F)cc2F)cc2ccoc12. The van der Waals surface area contributed by atoms with Crippen LogP contribution in [0, 0.1) is 11.6 Å². The zero-order valence-electron chi connectivity index (χ0n) is 14.5. The fraction of sp³-hybridized carbons (Fsp3) is 0.0526. The Hall–Kier alpha value is -3.20. The third-order valence-corrected chi connectivity index (χ3v) is 4.72. The van der Waals surface area contributed by atoms with Crippen molar-refractivity contribution in [3.8, 4) is 11.3 Å². The van der Waals surface area contributed by atoms with Gasteiger partial charge in [0.15, 0.2) is 0 Å². The van der Waals surface area contributed by atoms with Crippen LogP contribution < -0.4 is 10.6 Å². The maximum Gasteiger partial charge on any atom is 0.323 e. The summed E-state index contributed by atoms with van der Waals surface area (Å²) in [7, 11) is 1.79. The van der Waals surface area contributed by atoms with E-state index in [-0.39, 0.29) is 5.69 Å². The molecular weight excluding hydrogens is 434 g/mol. The molecule has 4 rings (SSSR count). The van der Waals surface area contributed by atoms with E-state index in [2.05, 4.69) is 31.7 Å². The second-order valence-electron chi connectivity index (χ2n) is 6.03. The Kier molecular flexibility index (Phi) is 4.60. The van der Waals surface area contributed by atoms with Crippen LogP contribution in [0.15, 0.2) is 57.7 Å². The topological polar surface area (TPSA) is 72.1 Å². The molecule has 0 radical (unpaired) electrons. The van der Waals surface area contributed by atoms with Gasteiger partial charge in [-0.2, -0.15) is 5.10 Å². The number of benzene rings is 2. The van der Waals surface area contributed by atoms with E-state index in [1.165, 1.54) is 0 Å². The zero-order valence-corrected chi connectivity index (χ0v) is 16.0. The highest BCUT2D eigenvalue weighted by Gasteiger charge is 2.17. The number of fused-ring (bicyclic) bond motifs is 1. The Morgan fingerprint density at radius 2 is 2.00 bits per heavy atom. The maximum atomic E-state index is 13.7. The summed E-state index contributed by atoms with van der Waals surface area (Å²) in [6.45, 7) is 0. The molecule has 2 N–H and O–H groups in total.